The lowest BCUT2D eigenvalue weighted by Crippen LogP contribution is -2.40. The van der Waals surface area contributed by atoms with E-state index in [0.29, 0.717) is 37.7 Å². The number of hydroxylamine groups is 2. The molecule has 1 aliphatic heterocycles. The molecule has 1 aliphatic rings. The van der Waals surface area contributed by atoms with Crippen LogP contribution in [-0.2, 0) is 29.6 Å². The van der Waals surface area contributed by atoms with Gasteiger partial charge in [-0.3, -0.25) is 14.3 Å². The van der Waals surface area contributed by atoms with Crippen molar-refractivity contribution in [3.8, 4) is 0 Å². The van der Waals surface area contributed by atoms with Crippen molar-refractivity contribution in [2.24, 2.45) is 13.0 Å². The summed E-state index contributed by atoms with van der Waals surface area (Å²) in [6.45, 7) is 11.0. The second-order valence-electron chi connectivity index (χ2n) is 8.32. The van der Waals surface area contributed by atoms with Crippen molar-refractivity contribution in [3.05, 3.63) is 17.0 Å². The molecule has 0 N–H and O–H groups in total. The van der Waals surface area contributed by atoms with Gasteiger partial charge in [0.15, 0.2) is 5.69 Å². The average Bonchev–Trinajstić information content (AvgIpc) is 2.90. The van der Waals surface area contributed by atoms with Gasteiger partial charge in [0.05, 0.1) is 13.7 Å². The van der Waals surface area contributed by atoms with Crippen LogP contribution < -0.4 is 0 Å². The molecule has 0 fully saturated rings. The van der Waals surface area contributed by atoms with E-state index in [-0.39, 0.29) is 12.0 Å². The number of aryl methyl sites for hydroxylation is 1. The molecule has 27 heavy (non-hydrogen) atoms. The van der Waals surface area contributed by atoms with E-state index in [9.17, 15) is 9.59 Å². The molecule has 8 nitrogen and oxygen atoms in total. The highest BCUT2D eigenvalue weighted by Gasteiger charge is 2.33. The first kappa shape index (κ1) is 21.2. The number of hydrogen-bond acceptors (Lipinski definition) is 5. The fourth-order valence-corrected chi connectivity index (χ4v) is 3.02. The number of rotatable bonds is 5. The first-order valence-electron chi connectivity index (χ1n) is 9.42. The van der Waals surface area contributed by atoms with Crippen LogP contribution in [0.2, 0.25) is 0 Å². The van der Waals surface area contributed by atoms with Crippen LogP contribution in [-0.4, -0.2) is 57.5 Å². The van der Waals surface area contributed by atoms with E-state index >= 15 is 0 Å². The standard InChI is InChI=1S/C19H32N4O4/c1-13(2)8-11-23(26-7)17(24)16-14-12-22(18(25)27-19(3,4)5)10-9-15(14)21(6)20-16/h13H,8-12H2,1-7H3. The molecule has 0 unspecified atom stereocenters. The average molecular weight is 380 g/mol. The van der Waals surface area contributed by atoms with Crippen molar-refractivity contribution >= 4 is 12.0 Å². The summed E-state index contributed by atoms with van der Waals surface area (Å²) in [6.07, 6.45) is 1.09. The van der Waals surface area contributed by atoms with Crippen LogP contribution in [0.25, 0.3) is 0 Å². The number of fused-ring (bicyclic) bond motifs is 1. The Kier molecular flexibility index (Phi) is 6.51. The highest BCUT2D eigenvalue weighted by atomic mass is 16.7. The Bertz CT molecular complexity index is 691. The third-order valence-corrected chi connectivity index (χ3v) is 4.45. The maximum absolute atomic E-state index is 13.0. The Balaban J connectivity index is 2.22. The summed E-state index contributed by atoms with van der Waals surface area (Å²) >= 11 is 0. The molecule has 2 rings (SSSR count). The minimum Gasteiger partial charge on any atom is -0.444 e. The van der Waals surface area contributed by atoms with Gasteiger partial charge in [-0.1, -0.05) is 13.8 Å². The van der Waals surface area contributed by atoms with E-state index in [1.165, 1.54) is 12.2 Å². The van der Waals surface area contributed by atoms with Gasteiger partial charge >= 0.3 is 6.09 Å². The lowest BCUT2D eigenvalue weighted by atomic mass is 10.0. The summed E-state index contributed by atoms with van der Waals surface area (Å²) in [5.41, 5.74) is 1.52. The number of carbonyl (C=O) groups excluding carboxylic acids is 2. The van der Waals surface area contributed by atoms with Gasteiger partial charge in [0.2, 0.25) is 0 Å². The number of nitrogens with zero attached hydrogens (tertiary/aromatic N) is 4. The van der Waals surface area contributed by atoms with Gasteiger partial charge in [-0.15, -0.1) is 0 Å². The SMILES string of the molecule is CON(CCC(C)C)C(=O)c1nn(C)c2c1CN(C(=O)OC(C)(C)C)CC2. The topological polar surface area (TPSA) is 76.9 Å². The molecular weight excluding hydrogens is 348 g/mol. The van der Waals surface area contributed by atoms with E-state index in [0.717, 1.165) is 17.7 Å². The molecule has 0 saturated carbocycles. The molecule has 0 atom stereocenters. The van der Waals surface area contributed by atoms with Crippen LogP contribution in [0.4, 0.5) is 4.79 Å². The second kappa shape index (κ2) is 8.29. The highest BCUT2D eigenvalue weighted by Crippen LogP contribution is 2.25. The largest absolute Gasteiger partial charge is 0.444 e. The Morgan fingerprint density at radius 3 is 2.52 bits per heavy atom. The molecule has 2 heterocycles. The minimum atomic E-state index is -0.561. The van der Waals surface area contributed by atoms with Crippen LogP contribution in [0.5, 0.6) is 0 Å². The maximum Gasteiger partial charge on any atom is 0.410 e. The summed E-state index contributed by atoms with van der Waals surface area (Å²) in [4.78, 5) is 32.3. The van der Waals surface area contributed by atoms with Crippen molar-refractivity contribution in [2.75, 3.05) is 20.2 Å². The number of hydrogen-bond donors (Lipinski definition) is 0. The van der Waals surface area contributed by atoms with Crippen molar-refractivity contribution < 1.29 is 19.2 Å². The lowest BCUT2D eigenvalue weighted by Gasteiger charge is -2.30. The molecule has 2 amide bonds. The second-order valence-corrected chi connectivity index (χ2v) is 8.32. The van der Waals surface area contributed by atoms with Crippen molar-refractivity contribution in [2.45, 2.75) is 59.6 Å². The molecule has 8 heteroatoms. The van der Waals surface area contributed by atoms with Gasteiger partial charge in [-0.05, 0) is 33.1 Å². The van der Waals surface area contributed by atoms with Gasteiger partial charge in [0.25, 0.3) is 5.91 Å². The van der Waals surface area contributed by atoms with Crippen molar-refractivity contribution in [1.29, 1.82) is 0 Å². The lowest BCUT2D eigenvalue weighted by molar-refractivity contribution is -0.0973. The number of carbonyl (C=O) groups is 2. The maximum atomic E-state index is 13.0. The fraction of sp³-hybridized carbons (Fsp3) is 0.737. The van der Waals surface area contributed by atoms with Crippen LogP contribution in [0.1, 0.15) is 62.8 Å². The smallest absolute Gasteiger partial charge is 0.410 e. The molecule has 152 valence electrons. The van der Waals surface area contributed by atoms with Gasteiger partial charge in [0.1, 0.15) is 5.60 Å². The van der Waals surface area contributed by atoms with E-state index in [2.05, 4.69) is 18.9 Å². The van der Waals surface area contributed by atoms with E-state index in [1.54, 1.807) is 9.58 Å². The Labute approximate surface area is 161 Å². The van der Waals surface area contributed by atoms with Crippen LogP contribution >= 0.6 is 0 Å². The molecule has 0 aliphatic carbocycles. The first-order valence-corrected chi connectivity index (χ1v) is 9.42. The Morgan fingerprint density at radius 2 is 1.96 bits per heavy atom. The molecule has 1 aromatic heterocycles. The molecule has 0 spiro atoms. The Hall–Kier alpha value is -2.09. The number of aromatic nitrogens is 2. The zero-order valence-corrected chi connectivity index (χ0v) is 17.5. The molecule has 0 saturated heterocycles. The molecule has 0 aromatic carbocycles. The van der Waals surface area contributed by atoms with Crippen LogP contribution in [0.15, 0.2) is 0 Å². The van der Waals surface area contributed by atoms with Gasteiger partial charge < -0.3 is 9.64 Å². The van der Waals surface area contributed by atoms with Crippen LogP contribution in [0.3, 0.4) is 0 Å². The quantitative estimate of drug-likeness (QED) is 0.734. The van der Waals surface area contributed by atoms with Crippen LogP contribution in [0, 0.1) is 5.92 Å². The third kappa shape index (κ3) is 5.22. The fourth-order valence-electron chi connectivity index (χ4n) is 3.02. The van der Waals surface area contributed by atoms with E-state index in [1.807, 2.05) is 27.8 Å². The van der Waals surface area contributed by atoms with E-state index in [4.69, 9.17) is 9.57 Å². The zero-order chi connectivity index (χ0) is 20.4. The molecule has 0 bridgehead atoms. The summed E-state index contributed by atoms with van der Waals surface area (Å²) < 4.78 is 7.20. The minimum absolute atomic E-state index is 0.277. The predicted molar refractivity (Wildman–Crippen MR) is 101 cm³/mol. The third-order valence-electron chi connectivity index (χ3n) is 4.45. The van der Waals surface area contributed by atoms with Gasteiger partial charge in [-0.2, -0.15) is 5.10 Å². The van der Waals surface area contributed by atoms with E-state index < -0.39 is 5.60 Å². The number of ether oxygens (including phenoxy) is 1. The summed E-state index contributed by atoms with van der Waals surface area (Å²) in [5, 5.41) is 5.77. The normalized spacial score (nSPS) is 14.3. The highest BCUT2D eigenvalue weighted by molar-refractivity contribution is 5.93. The predicted octanol–water partition coefficient (Wildman–Crippen LogP) is 2.76. The monoisotopic (exact) mass is 380 g/mol. The van der Waals surface area contributed by atoms with Gasteiger partial charge in [-0.25, -0.2) is 9.86 Å². The zero-order valence-electron chi connectivity index (χ0n) is 17.5. The summed E-state index contributed by atoms with van der Waals surface area (Å²) in [7, 11) is 3.31. The van der Waals surface area contributed by atoms with Crippen molar-refractivity contribution in [1.82, 2.24) is 19.7 Å². The first-order chi connectivity index (χ1) is 12.5. The Morgan fingerprint density at radius 1 is 1.30 bits per heavy atom. The molecule has 1 aromatic rings. The van der Waals surface area contributed by atoms with Gasteiger partial charge in [0, 0.05) is 37.8 Å². The molecule has 0 radical (unpaired) electrons. The summed E-state index contributed by atoms with van der Waals surface area (Å²) in [6, 6.07) is 0. The number of amides is 2. The molecular formula is C19H32N4O4. The summed E-state index contributed by atoms with van der Waals surface area (Å²) in [5.74, 6) is 0.178. The van der Waals surface area contributed by atoms with Crippen molar-refractivity contribution in [3.63, 3.8) is 0 Å².